The van der Waals surface area contributed by atoms with Crippen molar-refractivity contribution >= 4 is 5.69 Å². The van der Waals surface area contributed by atoms with Crippen molar-refractivity contribution < 1.29 is 0 Å². The molecule has 20 heavy (non-hydrogen) atoms. The molecular weight excluding hydrogens is 246 g/mol. The molecule has 2 fully saturated rings. The summed E-state index contributed by atoms with van der Waals surface area (Å²) >= 11 is 0. The molecule has 2 aliphatic rings. The molecule has 2 aliphatic heterocycles. The molecule has 0 unspecified atom stereocenters. The molecule has 1 aromatic carbocycles. The third-order valence-corrected chi connectivity index (χ3v) is 4.73. The molecule has 0 aromatic heterocycles. The quantitative estimate of drug-likeness (QED) is 0.827. The van der Waals surface area contributed by atoms with Gasteiger partial charge in [0.05, 0.1) is 11.6 Å². The Morgan fingerprint density at radius 2 is 1.55 bits per heavy atom. The maximum atomic E-state index is 8.85. The highest BCUT2D eigenvalue weighted by molar-refractivity contribution is 5.50. The molecule has 3 nitrogen and oxygen atoms in total. The molecule has 3 rings (SSSR count). The van der Waals surface area contributed by atoms with Gasteiger partial charge in [-0.05, 0) is 63.0 Å². The Balaban J connectivity index is 1.56. The average molecular weight is 269 g/mol. The molecule has 2 heterocycles. The summed E-state index contributed by atoms with van der Waals surface area (Å²) in [6, 6.07) is 11.0. The minimum atomic E-state index is 0.747. The van der Waals surface area contributed by atoms with Crippen molar-refractivity contribution in [3.63, 3.8) is 0 Å². The van der Waals surface area contributed by atoms with Crippen molar-refractivity contribution in [2.24, 2.45) is 0 Å². The second-order valence-corrected chi connectivity index (χ2v) is 5.97. The van der Waals surface area contributed by atoms with E-state index in [1.807, 2.05) is 12.1 Å². The third-order valence-electron chi connectivity index (χ3n) is 4.73. The van der Waals surface area contributed by atoms with Crippen molar-refractivity contribution in [3.8, 4) is 6.07 Å². The van der Waals surface area contributed by atoms with Crippen molar-refractivity contribution in [2.45, 2.75) is 38.1 Å². The van der Waals surface area contributed by atoms with Gasteiger partial charge >= 0.3 is 0 Å². The summed E-state index contributed by atoms with van der Waals surface area (Å²) < 4.78 is 0. The first-order valence-corrected chi connectivity index (χ1v) is 7.86. The fraction of sp³-hybridized carbons (Fsp3) is 0.588. The van der Waals surface area contributed by atoms with Gasteiger partial charge in [-0.15, -0.1) is 0 Å². The first kappa shape index (κ1) is 13.5. The van der Waals surface area contributed by atoms with E-state index in [9.17, 15) is 0 Å². The van der Waals surface area contributed by atoms with Gasteiger partial charge in [0.1, 0.15) is 0 Å². The van der Waals surface area contributed by atoms with E-state index in [1.165, 1.54) is 50.9 Å². The van der Waals surface area contributed by atoms with Gasteiger partial charge in [0, 0.05) is 24.8 Å². The first-order chi connectivity index (χ1) is 9.86. The van der Waals surface area contributed by atoms with Crippen LogP contribution >= 0.6 is 0 Å². The average Bonchev–Trinajstić information content (AvgIpc) is 2.56. The Hall–Kier alpha value is -1.53. The van der Waals surface area contributed by atoms with Gasteiger partial charge < -0.3 is 9.80 Å². The zero-order valence-electron chi connectivity index (χ0n) is 12.1. The van der Waals surface area contributed by atoms with E-state index >= 15 is 0 Å². The maximum Gasteiger partial charge on any atom is 0.0991 e. The largest absolute Gasteiger partial charge is 0.371 e. The van der Waals surface area contributed by atoms with Crippen LogP contribution in [-0.4, -0.2) is 37.1 Å². The molecule has 106 valence electrons. The molecule has 0 saturated carbocycles. The zero-order valence-corrected chi connectivity index (χ0v) is 12.1. The van der Waals surface area contributed by atoms with Crippen LogP contribution in [0.15, 0.2) is 24.3 Å². The van der Waals surface area contributed by atoms with Crippen LogP contribution in [0.25, 0.3) is 0 Å². The van der Waals surface area contributed by atoms with Gasteiger partial charge in [-0.3, -0.25) is 0 Å². The summed E-state index contributed by atoms with van der Waals surface area (Å²) in [6.07, 6.45) is 6.74. The van der Waals surface area contributed by atoms with Crippen molar-refractivity contribution in [1.82, 2.24) is 4.90 Å². The second-order valence-electron chi connectivity index (χ2n) is 5.97. The van der Waals surface area contributed by atoms with E-state index in [0.717, 1.165) is 24.7 Å². The Labute approximate surface area is 121 Å². The summed E-state index contributed by atoms with van der Waals surface area (Å²) in [7, 11) is 0. The lowest BCUT2D eigenvalue weighted by molar-refractivity contribution is 0.141. The Bertz CT molecular complexity index is 460. The lowest BCUT2D eigenvalue weighted by atomic mass is 9.99. The van der Waals surface area contributed by atoms with E-state index in [1.54, 1.807) is 0 Å². The van der Waals surface area contributed by atoms with Gasteiger partial charge in [-0.2, -0.15) is 5.26 Å². The van der Waals surface area contributed by atoms with E-state index in [2.05, 4.69) is 28.0 Å². The number of rotatable bonds is 2. The van der Waals surface area contributed by atoms with Crippen LogP contribution in [0.5, 0.6) is 0 Å². The van der Waals surface area contributed by atoms with Crippen molar-refractivity contribution in [2.75, 3.05) is 31.1 Å². The van der Waals surface area contributed by atoms with E-state index in [4.69, 9.17) is 5.26 Å². The number of nitrogens with zero attached hydrogens (tertiary/aromatic N) is 3. The number of piperidine rings is 2. The second kappa shape index (κ2) is 6.28. The highest BCUT2D eigenvalue weighted by Crippen LogP contribution is 2.24. The Morgan fingerprint density at radius 1 is 0.900 bits per heavy atom. The fourth-order valence-electron chi connectivity index (χ4n) is 3.52. The Kier molecular flexibility index (Phi) is 4.22. The third kappa shape index (κ3) is 2.96. The smallest absolute Gasteiger partial charge is 0.0991 e. The predicted molar refractivity (Wildman–Crippen MR) is 81.8 cm³/mol. The van der Waals surface area contributed by atoms with Crippen LogP contribution in [0.3, 0.4) is 0 Å². The number of nitriles is 1. The van der Waals surface area contributed by atoms with Crippen molar-refractivity contribution in [3.05, 3.63) is 29.8 Å². The molecule has 0 N–H and O–H groups in total. The standard InChI is InChI=1S/C17H23N3/c18-14-15-4-6-16(7-5-15)20-12-8-17(9-13-20)19-10-2-1-3-11-19/h4-7,17H,1-3,8-13H2. The van der Waals surface area contributed by atoms with Crippen molar-refractivity contribution in [1.29, 1.82) is 5.26 Å². The molecular formula is C17H23N3. The van der Waals surface area contributed by atoms with Gasteiger partial charge in [-0.1, -0.05) is 6.42 Å². The zero-order chi connectivity index (χ0) is 13.8. The monoisotopic (exact) mass is 269 g/mol. The molecule has 1 aromatic rings. The molecule has 0 spiro atoms. The lowest BCUT2D eigenvalue weighted by Gasteiger charge is -2.41. The highest BCUT2D eigenvalue weighted by Gasteiger charge is 2.25. The van der Waals surface area contributed by atoms with Crippen LogP contribution in [-0.2, 0) is 0 Å². The molecule has 0 amide bonds. The van der Waals surface area contributed by atoms with Gasteiger partial charge in [-0.25, -0.2) is 0 Å². The number of hydrogen-bond acceptors (Lipinski definition) is 3. The molecule has 3 heteroatoms. The van der Waals surface area contributed by atoms with Crippen LogP contribution in [0.4, 0.5) is 5.69 Å². The minimum absolute atomic E-state index is 0.747. The molecule has 2 saturated heterocycles. The lowest BCUT2D eigenvalue weighted by Crippen LogP contribution is -2.46. The van der Waals surface area contributed by atoms with Crippen LogP contribution in [0.2, 0.25) is 0 Å². The first-order valence-electron chi connectivity index (χ1n) is 7.86. The summed E-state index contributed by atoms with van der Waals surface area (Å²) in [5.41, 5.74) is 2.01. The topological polar surface area (TPSA) is 30.3 Å². The summed E-state index contributed by atoms with van der Waals surface area (Å²) in [6.45, 7) is 4.91. The Morgan fingerprint density at radius 3 is 2.15 bits per heavy atom. The van der Waals surface area contributed by atoms with Crippen LogP contribution in [0.1, 0.15) is 37.7 Å². The molecule has 0 atom stereocenters. The summed E-state index contributed by atoms with van der Waals surface area (Å²) in [5, 5.41) is 8.85. The highest BCUT2D eigenvalue weighted by atomic mass is 15.2. The van der Waals surface area contributed by atoms with Gasteiger partial charge in [0.25, 0.3) is 0 Å². The molecule has 0 bridgehead atoms. The van der Waals surface area contributed by atoms with Crippen LogP contribution < -0.4 is 4.90 Å². The number of benzene rings is 1. The number of anilines is 1. The summed E-state index contributed by atoms with van der Waals surface area (Å²) in [5.74, 6) is 0. The molecule has 0 aliphatic carbocycles. The number of hydrogen-bond donors (Lipinski definition) is 0. The maximum absolute atomic E-state index is 8.85. The summed E-state index contributed by atoms with van der Waals surface area (Å²) in [4.78, 5) is 5.17. The molecule has 0 radical (unpaired) electrons. The number of likely N-dealkylation sites (tertiary alicyclic amines) is 1. The van der Waals surface area contributed by atoms with Gasteiger partial charge in [0.2, 0.25) is 0 Å². The predicted octanol–water partition coefficient (Wildman–Crippen LogP) is 3.01. The van der Waals surface area contributed by atoms with Gasteiger partial charge in [0.15, 0.2) is 0 Å². The minimum Gasteiger partial charge on any atom is -0.371 e. The fourth-order valence-corrected chi connectivity index (χ4v) is 3.52. The van der Waals surface area contributed by atoms with E-state index in [-0.39, 0.29) is 0 Å². The van der Waals surface area contributed by atoms with E-state index in [0.29, 0.717) is 0 Å². The normalized spacial score (nSPS) is 21.6. The SMILES string of the molecule is N#Cc1ccc(N2CCC(N3CCCCC3)CC2)cc1. The van der Waals surface area contributed by atoms with Crippen LogP contribution in [0, 0.1) is 11.3 Å². The van der Waals surface area contributed by atoms with E-state index < -0.39 is 0 Å².